The van der Waals surface area contributed by atoms with Crippen LogP contribution in [0, 0.1) is 20.8 Å². The van der Waals surface area contributed by atoms with Crippen LogP contribution in [0.1, 0.15) is 46.0 Å². The number of aromatic nitrogens is 3. The van der Waals surface area contributed by atoms with Crippen molar-refractivity contribution >= 4 is 11.9 Å². The average Bonchev–Trinajstić information content (AvgIpc) is 2.68. The van der Waals surface area contributed by atoms with E-state index in [4.69, 9.17) is 9.63 Å². The minimum atomic E-state index is -1.03. The van der Waals surface area contributed by atoms with Gasteiger partial charge in [0.1, 0.15) is 5.76 Å². The van der Waals surface area contributed by atoms with Crippen LogP contribution in [-0.4, -0.2) is 26.2 Å². The first-order valence-corrected chi connectivity index (χ1v) is 6.16. The molecule has 0 saturated heterocycles. The number of nitrogens with one attached hydrogen (secondary N) is 1. The van der Waals surface area contributed by atoms with E-state index < -0.39 is 5.97 Å². The fourth-order valence-electron chi connectivity index (χ4n) is 2.12. The molecular weight excluding hydrogens is 260 g/mol. The van der Waals surface area contributed by atoms with Crippen LogP contribution >= 0.6 is 0 Å². The molecule has 7 heteroatoms. The Kier molecular flexibility index (Phi) is 3.69. The molecule has 2 rings (SSSR count). The van der Waals surface area contributed by atoms with Crippen LogP contribution in [0.3, 0.4) is 0 Å². The smallest absolute Gasteiger partial charge is 0.339 e. The quantitative estimate of drug-likeness (QED) is 0.883. The van der Waals surface area contributed by atoms with Gasteiger partial charge in [0.2, 0.25) is 5.95 Å². The fourth-order valence-corrected chi connectivity index (χ4v) is 2.12. The van der Waals surface area contributed by atoms with Crippen molar-refractivity contribution in [2.75, 3.05) is 5.32 Å². The topological polar surface area (TPSA) is 101 Å². The van der Waals surface area contributed by atoms with E-state index in [1.165, 1.54) is 6.20 Å². The maximum atomic E-state index is 10.9. The number of carboxylic acids is 1. The summed E-state index contributed by atoms with van der Waals surface area (Å²) in [7, 11) is 0. The third-order valence-electron chi connectivity index (χ3n) is 3.08. The number of hydrogen-bond donors (Lipinski definition) is 2. The molecule has 0 saturated carbocycles. The van der Waals surface area contributed by atoms with Crippen LogP contribution in [0.2, 0.25) is 0 Å². The van der Waals surface area contributed by atoms with Gasteiger partial charge in [-0.15, -0.1) is 0 Å². The SMILES string of the molecule is Cc1nc(NC(C)c2c(C)noc2C)ncc1C(=O)O. The molecular formula is C13H16N4O3. The fraction of sp³-hybridized carbons (Fsp3) is 0.385. The van der Waals surface area contributed by atoms with Gasteiger partial charge in [0.05, 0.1) is 23.0 Å². The highest BCUT2D eigenvalue weighted by atomic mass is 16.5. The summed E-state index contributed by atoms with van der Waals surface area (Å²) >= 11 is 0. The van der Waals surface area contributed by atoms with Crippen LogP contribution < -0.4 is 5.32 Å². The standard InChI is InChI=1S/C13H16N4O3/c1-6-10(12(18)19)5-14-13(15-6)16-7(2)11-8(3)17-20-9(11)4/h5,7H,1-4H3,(H,18,19)(H,14,15,16). The van der Waals surface area contributed by atoms with Crippen LogP contribution in [-0.2, 0) is 0 Å². The molecule has 0 amide bonds. The van der Waals surface area contributed by atoms with E-state index in [0.29, 0.717) is 11.6 Å². The Balaban J connectivity index is 2.22. The molecule has 0 aliphatic heterocycles. The van der Waals surface area contributed by atoms with Gasteiger partial charge in [-0.1, -0.05) is 5.16 Å². The van der Waals surface area contributed by atoms with Gasteiger partial charge in [0.15, 0.2) is 0 Å². The number of nitrogens with zero attached hydrogens (tertiary/aromatic N) is 3. The zero-order chi connectivity index (χ0) is 14.9. The lowest BCUT2D eigenvalue weighted by Crippen LogP contribution is -2.13. The summed E-state index contributed by atoms with van der Waals surface area (Å²) in [4.78, 5) is 19.1. The van der Waals surface area contributed by atoms with Crippen molar-refractivity contribution in [3.05, 3.63) is 34.5 Å². The Morgan fingerprint density at radius 2 is 2.05 bits per heavy atom. The summed E-state index contributed by atoms with van der Waals surface area (Å²) in [6, 6.07) is -0.0867. The molecule has 0 radical (unpaired) electrons. The zero-order valence-corrected chi connectivity index (χ0v) is 11.8. The normalized spacial score (nSPS) is 12.2. The van der Waals surface area contributed by atoms with Gasteiger partial charge >= 0.3 is 5.97 Å². The monoisotopic (exact) mass is 276 g/mol. The lowest BCUT2D eigenvalue weighted by atomic mass is 10.1. The number of rotatable bonds is 4. The summed E-state index contributed by atoms with van der Waals surface area (Å²) < 4.78 is 5.12. The Labute approximate surface area is 116 Å². The number of carboxylic acid groups (broad SMARTS) is 1. The summed E-state index contributed by atoms with van der Waals surface area (Å²) in [6.07, 6.45) is 1.30. The van der Waals surface area contributed by atoms with Crippen molar-refractivity contribution in [2.45, 2.75) is 33.7 Å². The molecule has 0 aliphatic rings. The number of anilines is 1. The van der Waals surface area contributed by atoms with E-state index in [1.807, 2.05) is 20.8 Å². The third kappa shape index (κ3) is 2.61. The average molecular weight is 276 g/mol. The van der Waals surface area contributed by atoms with Crippen molar-refractivity contribution in [3.63, 3.8) is 0 Å². The second-order valence-corrected chi connectivity index (χ2v) is 4.60. The van der Waals surface area contributed by atoms with Crippen molar-refractivity contribution < 1.29 is 14.4 Å². The molecule has 0 fully saturated rings. The lowest BCUT2D eigenvalue weighted by Gasteiger charge is -2.14. The highest BCUT2D eigenvalue weighted by molar-refractivity contribution is 5.88. The van der Waals surface area contributed by atoms with E-state index in [-0.39, 0.29) is 11.6 Å². The first kappa shape index (κ1) is 14.0. The number of carbonyl (C=O) groups is 1. The molecule has 20 heavy (non-hydrogen) atoms. The Morgan fingerprint density at radius 3 is 2.55 bits per heavy atom. The summed E-state index contributed by atoms with van der Waals surface area (Å²) in [5.74, 6) is 0.0780. The van der Waals surface area contributed by atoms with Crippen LogP contribution in [0.5, 0.6) is 0 Å². The Morgan fingerprint density at radius 1 is 1.35 bits per heavy atom. The maximum absolute atomic E-state index is 10.9. The molecule has 0 spiro atoms. The molecule has 1 unspecified atom stereocenters. The van der Waals surface area contributed by atoms with Crippen LogP contribution in [0.4, 0.5) is 5.95 Å². The van der Waals surface area contributed by atoms with Gasteiger partial charge in [-0.3, -0.25) is 0 Å². The Hall–Kier alpha value is -2.44. The summed E-state index contributed by atoms with van der Waals surface area (Å²) in [6.45, 7) is 7.28. The van der Waals surface area contributed by atoms with Gasteiger partial charge < -0.3 is 14.9 Å². The van der Waals surface area contributed by atoms with E-state index in [2.05, 4.69) is 20.4 Å². The van der Waals surface area contributed by atoms with Crippen molar-refractivity contribution in [1.29, 1.82) is 0 Å². The molecule has 0 aliphatic carbocycles. The first-order valence-electron chi connectivity index (χ1n) is 6.16. The minimum absolute atomic E-state index is 0.0867. The zero-order valence-electron chi connectivity index (χ0n) is 11.8. The second-order valence-electron chi connectivity index (χ2n) is 4.60. The number of aryl methyl sites for hydroxylation is 3. The maximum Gasteiger partial charge on any atom is 0.339 e. The van der Waals surface area contributed by atoms with E-state index in [0.717, 1.165) is 17.0 Å². The predicted molar refractivity (Wildman–Crippen MR) is 71.7 cm³/mol. The molecule has 2 N–H and O–H groups in total. The molecule has 0 aromatic carbocycles. The van der Waals surface area contributed by atoms with Gasteiger partial charge in [0.25, 0.3) is 0 Å². The summed E-state index contributed by atoms with van der Waals surface area (Å²) in [5.41, 5.74) is 2.27. The lowest BCUT2D eigenvalue weighted by molar-refractivity contribution is 0.0695. The third-order valence-corrected chi connectivity index (χ3v) is 3.08. The number of hydrogen-bond acceptors (Lipinski definition) is 6. The molecule has 7 nitrogen and oxygen atoms in total. The van der Waals surface area contributed by atoms with Gasteiger partial charge in [0, 0.05) is 11.8 Å². The van der Waals surface area contributed by atoms with E-state index in [1.54, 1.807) is 6.92 Å². The van der Waals surface area contributed by atoms with Crippen LogP contribution in [0.15, 0.2) is 10.7 Å². The second kappa shape index (κ2) is 5.28. The van der Waals surface area contributed by atoms with Gasteiger partial charge in [-0.25, -0.2) is 14.8 Å². The molecule has 2 aromatic rings. The molecule has 1 atom stereocenters. The highest BCUT2D eigenvalue weighted by Crippen LogP contribution is 2.23. The minimum Gasteiger partial charge on any atom is -0.478 e. The van der Waals surface area contributed by atoms with Crippen molar-refractivity contribution in [1.82, 2.24) is 15.1 Å². The van der Waals surface area contributed by atoms with Gasteiger partial charge in [-0.05, 0) is 27.7 Å². The molecule has 2 heterocycles. The van der Waals surface area contributed by atoms with E-state index >= 15 is 0 Å². The van der Waals surface area contributed by atoms with Crippen molar-refractivity contribution in [3.8, 4) is 0 Å². The largest absolute Gasteiger partial charge is 0.478 e. The molecule has 2 aromatic heterocycles. The molecule has 106 valence electrons. The van der Waals surface area contributed by atoms with Gasteiger partial charge in [-0.2, -0.15) is 0 Å². The van der Waals surface area contributed by atoms with Crippen molar-refractivity contribution in [2.24, 2.45) is 0 Å². The van der Waals surface area contributed by atoms with Crippen LogP contribution in [0.25, 0.3) is 0 Å². The number of aromatic carboxylic acids is 1. The highest BCUT2D eigenvalue weighted by Gasteiger charge is 2.18. The first-order chi connectivity index (χ1) is 9.40. The predicted octanol–water partition coefficient (Wildman–Crippen LogP) is 2.26. The van der Waals surface area contributed by atoms with E-state index in [9.17, 15) is 4.79 Å². The summed E-state index contributed by atoms with van der Waals surface area (Å²) in [5, 5.41) is 16.0. The molecule has 0 bridgehead atoms. The Bertz CT molecular complexity index is 632.